The Labute approximate surface area is 185 Å². The van der Waals surface area contributed by atoms with Gasteiger partial charge in [0, 0.05) is 43.1 Å². The van der Waals surface area contributed by atoms with Gasteiger partial charge in [-0.05, 0) is 74.8 Å². The van der Waals surface area contributed by atoms with Gasteiger partial charge in [-0.25, -0.2) is 0 Å². The predicted molar refractivity (Wildman–Crippen MR) is 126 cm³/mol. The SMILES string of the molecule is Cc1ccccc1C(=O)Nc1ccc(N2CCC(C)CC2)c(C(=O)N2CCCCC2)c1. The van der Waals surface area contributed by atoms with Gasteiger partial charge in [0.05, 0.1) is 5.56 Å². The van der Waals surface area contributed by atoms with Gasteiger partial charge in [-0.1, -0.05) is 25.1 Å². The van der Waals surface area contributed by atoms with E-state index in [-0.39, 0.29) is 11.8 Å². The molecule has 2 aromatic carbocycles. The molecule has 0 atom stereocenters. The maximum absolute atomic E-state index is 13.5. The van der Waals surface area contributed by atoms with Gasteiger partial charge in [-0.15, -0.1) is 0 Å². The lowest BCUT2D eigenvalue weighted by atomic mass is 9.97. The summed E-state index contributed by atoms with van der Waals surface area (Å²) in [6, 6.07) is 13.4. The van der Waals surface area contributed by atoms with Crippen LogP contribution in [-0.2, 0) is 0 Å². The van der Waals surface area contributed by atoms with E-state index in [1.807, 2.05) is 54.3 Å². The molecular formula is C26H33N3O2. The minimum atomic E-state index is -0.144. The van der Waals surface area contributed by atoms with Crippen molar-refractivity contribution in [3.8, 4) is 0 Å². The number of hydrogen-bond donors (Lipinski definition) is 1. The molecule has 5 heteroatoms. The van der Waals surface area contributed by atoms with Crippen molar-refractivity contribution in [2.75, 3.05) is 36.4 Å². The summed E-state index contributed by atoms with van der Waals surface area (Å²) in [6.45, 7) is 7.79. The Bertz CT molecular complexity index is 941. The van der Waals surface area contributed by atoms with Crippen molar-refractivity contribution in [1.29, 1.82) is 0 Å². The maximum atomic E-state index is 13.5. The fraction of sp³-hybridized carbons (Fsp3) is 0.462. The maximum Gasteiger partial charge on any atom is 0.256 e. The monoisotopic (exact) mass is 419 g/mol. The average molecular weight is 420 g/mol. The smallest absolute Gasteiger partial charge is 0.256 e. The van der Waals surface area contributed by atoms with E-state index < -0.39 is 0 Å². The van der Waals surface area contributed by atoms with Crippen LogP contribution in [0.1, 0.15) is 65.3 Å². The third kappa shape index (κ3) is 4.92. The molecule has 5 nitrogen and oxygen atoms in total. The van der Waals surface area contributed by atoms with Crippen LogP contribution in [0.15, 0.2) is 42.5 Å². The van der Waals surface area contributed by atoms with Crippen LogP contribution in [0.5, 0.6) is 0 Å². The van der Waals surface area contributed by atoms with Crippen LogP contribution in [-0.4, -0.2) is 42.9 Å². The van der Waals surface area contributed by atoms with Crippen LogP contribution < -0.4 is 10.2 Å². The minimum Gasteiger partial charge on any atom is -0.371 e. The highest BCUT2D eigenvalue weighted by Crippen LogP contribution is 2.30. The first-order valence-electron chi connectivity index (χ1n) is 11.6. The number of amides is 2. The Morgan fingerprint density at radius 3 is 2.32 bits per heavy atom. The Morgan fingerprint density at radius 1 is 0.903 bits per heavy atom. The summed E-state index contributed by atoms with van der Waals surface area (Å²) >= 11 is 0. The number of likely N-dealkylation sites (tertiary alicyclic amines) is 1. The lowest BCUT2D eigenvalue weighted by Crippen LogP contribution is -2.38. The number of nitrogens with one attached hydrogen (secondary N) is 1. The molecular weight excluding hydrogens is 386 g/mol. The van der Waals surface area contributed by atoms with Gasteiger partial charge >= 0.3 is 0 Å². The second kappa shape index (κ2) is 9.54. The molecule has 0 saturated carbocycles. The van der Waals surface area contributed by atoms with Crippen molar-refractivity contribution < 1.29 is 9.59 Å². The van der Waals surface area contributed by atoms with Crippen molar-refractivity contribution in [3.63, 3.8) is 0 Å². The Balaban J connectivity index is 1.62. The largest absolute Gasteiger partial charge is 0.371 e. The van der Waals surface area contributed by atoms with E-state index in [1.165, 1.54) is 6.42 Å². The zero-order valence-electron chi connectivity index (χ0n) is 18.7. The number of hydrogen-bond acceptors (Lipinski definition) is 3. The van der Waals surface area contributed by atoms with Crippen molar-refractivity contribution in [3.05, 3.63) is 59.2 Å². The third-order valence-corrected chi connectivity index (χ3v) is 6.64. The number of nitrogens with zero attached hydrogens (tertiary/aromatic N) is 2. The molecule has 2 saturated heterocycles. The molecule has 2 heterocycles. The minimum absolute atomic E-state index is 0.0836. The molecule has 2 fully saturated rings. The van der Waals surface area contributed by atoms with Crippen molar-refractivity contribution in [2.24, 2.45) is 5.92 Å². The van der Waals surface area contributed by atoms with Crippen LogP contribution in [0.3, 0.4) is 0 Å². The fourth-order valence-corrected chi connectivity index (χ4v) is 4.60. The average Bonchev–Trinajstić information content (AvgIpc) is 2.80. The van der Waals surface area contributed by atoms with Gasteiger partial charge in [0.15, 0.2) is 0 Å². The molecule has 0 aliphatic carbocycles. The zero-order valence-corrected chi connectivity index (χ0v) is 18.7. The highest BCUT2D eigenvalue weighted by molar-refractivity contribution is 6.07. The quantitative estimate of drug-likeness (QED) is 0.749. The highest BCUT2D eigenvalue weighted by Gasteiger charge is 2.25. The topological polar surface area (TPSA) is 52.7 Å². The van der Waals surface area contributed by atoms with E-state index in [4.69, 9.17) is 0 Å². The van der Waals surface area contributed by atoms with Crippen LogP contribution in [0.4, 0.5) is 11.4 Å². The number of aryl methyl sites for hydroxylation is 1. The molecule has 2 amide bonds. The molecule has 4 rings (SSSR count). The molecule has 2 aromatic rings. The number of carbonyl (C=O) groups is 2. The third-order valence-electron chi connectivity index (χ3n) is 6.64. The molecule has 0 radical (unpaired) electrons. The van der Waals surface area contributed by atoms with Gasteiger partial charge in [0.1, 0.15) is 0 Å². The van der Waals surface area contributed by atoms with E-state index in [2.05, 4.69) is 17.1 Å². The molecule has 0 spiro atoms. The van der Waals surface area contributed by atoms with Gasteiger partial charge in [0.2, 0.25) is 0 Å². The number of carbonyl (C=O) groups excluding carboxylic acids is 2. The number of piperidine rings is 2. The predicted octanol–water partition coefficient (Wildman–Crippen LogP) is 5.11. The first-order chi connectivity index (χ1) is 15.0. The zero-order chi connectivity index (χ0) is 21.8. The normalized spacial score (nSPS) is 17.5. The standard InChI is InChI=1S/C26H33N3O2/c1-19-12-16-28(17-13-19)24-11-10-21(27-25(30)22-9-5-4-8-20(22)2)18-23(24)26(31)29-14-6-3-7-15-29/h4-5,8-11,18-19H,3,6-7,12-17H2,1-2H3,(H,27,30). The molecule has 0 aromatic heterocycles. The van der Waals surface area contributed by atoms with Gasteiger partial charge in [-0.2, -0.15) is 0 Å². The lowest BCUT2D eigenvalue weighted by molar-refractivity contribution is 0.0724. The summed E-state index contributed by atoms with van der Waals surface area (Å²) in [4.78, 5) is 30.6. The molecule has 0 bridgehead atoms. The van der Waals surface area contributed by atoms with Crippen LogP contribution in [0.25, 0.3) is 0 Å². The van der Waals surface area contributed by atoms with E-state index in [0.29, 0.717) is 16.8 Å². The van der Waals surface area contributed by atoms with Crippen molar-refractivity contribution in [1.82, 2.24) is 4.90 Å². The van der Waals surface area contributed by atoms with Crippen molar-refractivity contribution >= 4 is 23.2 Å². The van der Waals surface area contributed by atoms with E-state index >= 15 is 0 Å². The summed E-state index contributed by atoms with van der Waals surface area (Å²) in [5.74, 6) is 0.666. The van der Waals surface area contributed by atoms with E-state index in [1.54, 1.807) is 0 Å². The summed E-state index contributed by atoms with van der Waals surface area (Å²) in [5.41, 5.74) is 3.96. The van der Waals surface area contributed by atoms with E-state index in [9.17, 15) is 9.59 Å². The highest BCUT2D eigenvalue weighted by atomic mass is 16.2. The van der Waals surface area contributed by atoms with Gasteiger partial charge in [0.25, 0.3) is 11.8 Å². The number of benzene rings is 2. The second-order valence-electron chi connectivity index (χ2n) is 9.02. The molecule has 0 unspecified atom stereocenters. The van der Waals surface area contributed by atoms with Crippen molar-refractivity contribution in [2.45, 2.75) is 46.0 Å². The van der Waals surface area contributed by atoms with E-state index in [0.717, 1.165) is 69.0 Å². The summed E-state index contributed by atoms with van der Waals surface area (Å²) in [5, 5.41) is 3.01. The van der Waals surface area contributed by atoms with Gasteiger partial charge in [-0.3, -0.25) is 9.59 Å². The van der Waals surface area contributed by atoms with Crippen LogP contribution in [0, 0.1) is 12.8 Å². The van der Waals surface area contributed by atoms with Crippen LogP contribution in [0.2, 0.25) is 0 Å². The Kier molecular flexibility index (Phi) is 6.59. The summed E-state index contributed by atoms with van der Waals surface area (Å²) in [6.07, 6.45) is 5.59. The fourth-order valence-electron chi connectivity index (χ4n) is 4.60. The molecule has 164 valence electrons. The summed E-state index contributed by atoms with van der Waals surface area (Å²) in [7, 11) is 0. The number of rotatable bonds is 4. The van der Waals surface area contributed by atoms with Crippen LogP contribution >= 0.6 is 0 Å². The Morgan fingerprint density at radius 2 is 1.61 bits per heavy atom. The summed E-state index contributed by atoms with van der Waals surface area (Å²) < 4.78 is 0. The molecule has 2 aliphatic heterocycles. The first kappa shape index (κ1) is 21.4. The second-order valence-corrected chi connectivity index (χ2v) is 9.02. The first-order valence-corrected chi connectivity index (χ1v) is 11.6. The lowest BCUT2D eigenvalue weighted by Gasteiger charge is -2.35. The molecule has 1 N–H and O–H groups in total. The molecule has 2 aliphatic rings. The van der Waals surface area contributed by atoms with Gasteiger partial charge < -0.3 is 15.1 Å². The molecule has 31 heavy (non-hydrogen) atoms. The Hall–Kier alpha value is -2.82. The number of anilines is 2.